The lowest BCUT2D eigenvalue weighted by Crippen LogP contribution is -2.36. The Bertz CT molecular complexity index is 481. The molecule has 1 N–H and O–H groups in total. The molecule has 0 saturated carbocycles. The summed E-state index contributed by atoms with van der Waals surface area (Å²) in [4.78, 5) is 10.9. The molecule has 1 atom stereocenters. The summed E-state index contributed by atoms with van der Waals surface area (Å²) in [6.07, 6.45) is 0. The van der Waals surface area contributed by atoms with Gasteiger partial charge in [-0.1, -0.05) is 17.7 Å². The predicted octanol–water partition coefficient (Wildman–Crippen LogP) is 1.43. The molecule has 0 aromatic heterocycles. The molecule has 4 nitrogen and oxygen atoms in total. The summed E-state index contributed by atoms with van der Waals surface area (Å²) in [5, 5.41) is -0.740. The van der Waals surface area contributed by atoms with Gasteiger partial charge in [-0.15, -0.1) is 0 Å². The lowest BCUT2D eigenvalue weighted by atomic mass is 10.2. The van der Waals surface area contributed by atoms with E-state index in [2.05, 4.69) is 4.72 Å². The lowest BCUT2D eigenvalue weighted by molar-refractivity contribution is -0.112. The van der Waals surface area contributed by atoms with Gasteiger partial charge < -0.3 is 0 Å². The molecule has 0 saturated heterocycles. The topological polar surface area (TPSA) is 63.2 Å². The SMILES string of the molecule is Cc1ccc(S(=O)(=O)N[C@H](C)C(=O)Cl)cc1. The molecule has 88 valence electrons. The second-order valence-corrected chi connectivity index (χ2v) is 5.55. The quantitative estimate of drug-likeness (QED) is 0.834. The highest BCUT2D eigenvalue weighted by atomic mass is 35.5. The number of rotatable bonds is 4. The van der Waals surface area contributed by atoms with Gasteiger partial charge in [0.1, 0.15) is 0 Å². The van der Waals surface area contributed by atoms with Gasteiger partial charge in [0.2, 0.25) is 15.3 Å². The van der Waals surface area contributed by atoms with Crippen LogP contribution in [0.1, 0.15) is 12.5 Å². The number of halogens is 1. The van der Waals surface area contributed by atoms with Crippen LogP contribution >= 0.6 is 11.6 Å². The van der Waals surface area contributed by atoms with E-state index in [4.69, 9.17) is 11.6 Å². The van der Waals surface area contributed by atoms with E-state index >= 15 is 0 Å². The summed E-state index contributed by atoms with van der Waals surface area (Å²) in [6.45, 7) is 3.25. The van der Waals surface area contributed by atoms with Gasteiger partial charge in [0.25, 0.3) is 0 Å². The number of aryl methyl sites for hydroxylation is 1. The smallest absolute Gasteiger partial charge is 0.241 e. The molecule has 0 fully saturated rings. The molecular formula is C10H12ClNO3S. The van der Waals surface area contributed by atoms with Crippen molar-refractivity contribution in [3.05, 3.63) is 29.8 Å². The number of hydrogen-bond acceptors (Lipinski definition) is 3. The number of sulfonamides is 1. The largest absolute Gasteiger partial charge is 0.279 e. The van der Waals surface area contributed by atoms with Crippen molar-refractivity contribution in [3.63, 3.8) is 0 Å². The van der Waals surface area contributed by atoms with E-state index in [0.717, 1.165) is 5.56 Å². The Kier molecular flexibility index (Phi) is 4.07. The molecule has 1 aromatic rings. The zero-order chi connectivity index (χ0) is 12.3. The summed E-state index contributed by atoms with van der Waals surface area (Å²) >= 11 is 5.18. The highest BCUT2D eigenvalue weighted by Gasteiger charge is 2.20. The van der Waals surface area contributed by atoms with Gasteiger partial charge in [-0.2, -0.15) is 4.72 Å². The zero-order valence-corrected chi connectivity index (χ0v) is 10.5. The van der Waals surface area contributed by atoms with E-state index in [1.807, 2.05) is 6.92 Å². The minimum Gasteiger partial charge on any atom is -0.279 e. The fourth-order valence-corrected chi connectivity index (χ4v) is 2.39. The molecule has 1 aromatic carbocycles. The minimum absolute atomic E-state index is 0.114. The van der Waals surface area contributed by atoms with Crippen molar-refractivity contribution in [1.82, 2.24) is 4.72 Å². The summed E-state index contributed by atoms with van der Waals surface area (Å²) < 4.78 is 25.7. The van der Waals surface area contributed by atoms with E-state index in [1.165, 1.54) is 19.1 Å². The number of hydrogen-bond donors (Lipinski definition) is 1. The second-order valence-electron chi connectivity index (χ2n) is 3.46. The van der Waals surface area contributed by atoms with Crippen LogP contribution in [0.5, 0.6) is 0 Å². The summed E-state index contributed by atoms with van der Waals surface area (Å²) in [5.74, 6) is 0. The number of nitrogens with one attached hydrogen (secondary N) is 1. The van der Waals surface area contributed by atoms with Crippen LogP contribution in [0.3, 0.4) is 0 Å². The van der Waals surface area contributed by atoms with Crippen LogP contribution in [0.2, 0.25) is 0 Å². The lowest BCUT2D eigenvalue weighted by Gasteiger charge is -2.10. The van der Waals surface area contributed by atoms with E-state index < -0.39 is 21.3 Å². The average Bonchev–Trinajstić information content (AvgIpc) is 2.17. The Morgan fingerprint density at radius 2 is 1.81 bits per heavy atom. The molecular weight excluding hydrogens is 250 g/mol. The Morgan fingerprint density at radius 1 is 1.31 bits per heavy atom. The van der Waals surface area contributed by atoms with Gasteiger partial charge >= 0.3 is 0 Å². The maximum Gasteiger partial charge on any atom is 0.241 e. The van der Waals surface area contributed by atoms with E-state index in [-0.39, 0.29) is 4.90 Å². The third-order valence-electron chi connectivity index (χ3n) is 2.00. The maximum absolute atomic E-state index is 11.7. The first kappa shape index (κ1) is 13.2. The molecule has 0 bridgehead atoms. The van der Waals surface area contributed by atoms with Crippen molar-refractivity contribution in [1.29, 1.82) is 0 Å². The van der Waals surface area contributed by atoms with Crippen LogP contribution in [-0.2, 0) is 14.8 Å². The van der Waals surface area contributed by atoms with Crippen LogP contribution < -0.4 is 4.72 Å². The maximum atomic E-state index is 11.7. The molecule has 0 amide bonds. The zero-order valence-electron chi connectivity index (χ0n) is 8.90. The molecule has 0 aliphatic rings. The first-order valence-corrected chi connectivity index (χ1v) is 6.47. The fourth-order valence-electron chi connectivity index (χ4n) is 1.06. The fraction of sp³-hybridized carbons (Fsp3) is 0.300. The van der Waals surface area contributed by atoms with Crippen LogP contribution in [0.4, 0.5) is 0 Å². The molecule has 0 aliphatic carbocycles. The monoisotopic (exact) mass is 261 g/mol. The Labute approximate surface area is 99.7 Å². The molecule has 0 unspecified atom stereocenters. The van der Waals surface area contributed by atoms with Gasteiger partial charge in [-0.3, -0.25) is 4.79 Å². The Hall–Kier alpha value is -0.910. The minimum atomic E-state index is -3.68. The van der Waals surface area contributed by atoms with Gasteiger partial charge in [0, 0.05) is 0 Å². The third kappa shape index (κ3) is 3.30. The third-order valence-corrected chi connectivity index (χ3v) is 3.89. The number of carbonyl (C=O) groups excluding carboxylic acids is 1. The standard InChI is InChI=1S/C10H12ClNO3S/c1-7-3-5-9(6-4-7)16(14,15)12-8(2)10(11)13/h3-6,8,12H,1-2H3/t8-/m1/s1. The molecule has 0 aliphatic heterocycles. The van der Waals surface area contributed by atoms with Crippen molar-refractivity contribution in [2.45, 2.75) is 24.8 Å². The first-order valence-electron chi connectivity index (χ1n) is 4.61. The first-order chi connectivity index (χ1) is 7.33. The molecule has 6 heteroatoms. The summed E-state index contributed by atoms with van der Waals surface area (Å²) in [6, 6.07) is 5.38. The second kappa shape index (κ2) is 4.95. The van der Waals surface area contributed by atoms with Crippen molar-refractivity contribution in [2.24, 2.45) is 0 Å². The summed E-state index contributed by atoms with van der Waals surface area (Å²) in [5.41, 5.74) is 0.959. The van der Waals surface area contributed by atoms with Crippen LogP contribution in [0.25, 0.3) is 0 Å². The molecule has 16 heavy (non-hydrogen) atoms. The van der Waals surface area contributed by atoms with Crippen molar-refractivity contribution < 1.29 is 13.2 Å². The van der Waals surface area contributed by atoms with E-state index in [1.54, 1.807) is 12.1 Å². The van der Waals surface area contributed by atoms with E-state index in [9.17, 15) is 13.2 Å². The number of benzene rings is 1. The van der Waals surface area contributed by atoms with Crippen molar-refractivity contribution >= 4 is 26.9 Å². The van der Waals surface area contributed by atoms with Crippen LogP contribution in [-0.4, -0.2) is 19.7 Å². The molecule has 0 radical (unpaired) electrons. The van der Waals surface area contributed by atoms with Crippen LogP contribution in [0.15, 0.2) is 29.2 Å². The molecule has 0 spiro atoms. The van der Waals surface area contributed by atoms with Crippen molar-refractivity contribution in [3.8, 4) is 0 Å². The normalized spacial score (nSPS) is 13.4. The number of carbonyl (C=O) groups is 1. The molecule has 1 rings (SSSR count). The average molecular weight is 262 g/mol. The highest BCUT2D eigenvalue weighted by molar-refractivity contribution is 7.89. The Balaban J connectivity index is 2.94. The van der Waals surface area contributed by atoms with E-state index in [0.29, 0.717) is 0 Å². The Morgan fingerprint density at radius 3 is 2.25 bits per heavy atom. The van der Waals surface area contributed by atoms with Crippen LogP contribution in [0, 0.1) is 6.92 Å². The van der Waals surface area contributed by atoms with Gasteiger partial charge in [0.15, 0.2) is 0 Å². The van der Waals surface area contributed by atoms with Gasteiger partial charge in [-0.05, 0) is 37.6 Å². The van der Waals surface area contributed by atoms with Gasteiger partial charge in [-0.25, -0.2) is 8.42 Å². The molecule has 0 heterocycles. The highest BCUT2D eigenvalue weighted by Crippen LogP contribution is 2.10. The predicted molar refractivity (Wildman–Crippen MR) is 61.8 cm³/mol. The van der Waals surface area contributed by atoms with Crippen molar-refractivity contribution in [2.75, 3.05) is 0 Å². The van der Waals surface area contributed by atoms with Gasteiger partial charge in [0.05, 0.1) is 10.9 Å². The summed E-state index contributed by atoms with van der Waals surface area (Å²) in [7, 11) is -3.68.